The second kappa shape index (κ2) is 5.54. The molecule has 0 saturated carbocycles. The van der Waals surface area contributed by atoms with Crippen molar-refractivity contribution in [2.75, 3.05) is 5.32 Å². The van der Waals surface area contributed by atoms with E-state index in [0.29, 0.717) is 5.13 Å². The summed E-state index contributed by atoms with van der Waals surface area (Å²) in [5.74, 6) is -0.0919. The maximum absolute atomic E-state index is 12.6. The van der Waals surface area contributed by atoms with Gasteiger partial charge in [0, 0.05) is 5.56 Å². The van der Waals surface area contributed by atoms with E-state index >= 15 is 0 Å². The van der Waals surface area contributed by atoms with Gasteiger partial charge in [-0.3, -0.25) is 10.1 Å². The van der Waals surface area contributed by atoms with E-state index in [0.717, 1.165) is 26.9 Å². The summed E-state index contributed by atoms with van der Waals surface area (Å²) in [5, 5.41) is 3.58. The van der Waals surface area contributed by atoms with E-state index in [-0.39, 0.29) is 5.91 Å². The van der Waals surface area contributed by atoms with Gasteiger partial charge in [-0.15, -0.1) is 0 Å². The molecule has 22 heavy (non-hydrogen) atoms. The average molecular weight is 310 g/mol. The zero-order valence-corrected chi connectivity index (χ0v) is 14.0. The Morgan fingerprint density at radius 3 is 2.36 bits per heavy atom. The number of rotatable bonds is 2. The van der Waals surface area contributed by atoms with E-state index in [9.17, 15) is 4.79 Å². The highest BCUT2D eigenvalue weighted by Crippen LogP contribution is 2.27. The fourth-order valence-electron chi connectivity index (χ4n) is 2.78. The van der Waals surface area contributed by atoms with Gasteiger partial charge in [0.05, 0.1) is 10.2 Å². The molecule has 0 atom stereocenters. The molecule has 0 spiro atoms. The van der Waals surface area contributed by atoms with Crippen LogP contribution in [-0.2, 0) is 0 Å². The number of hydrogen-bond acceptors (Lipinski definition) is 3. The van der Waals surface area contributed by atoms with Crippen LogP contribution in [0, 0.1) is 27.7 Å². The lowest BCUT2D eigenvalue weighted by molar-refractivity contribution is 0.102. The molecule has 0 aliphatic heterocycles. The van der Waals surface area contributed by atoms with Crippen molar-refractivity contribution in [3.63, 3.8) is 0 Å². The number of thiazole rings is 1. The first-order chi connectivity index (χ1) is 10.4. The van der Waals surface area contributed by atoms with Crippen LogP contribution < -0.4 is 5.32 Å². The number of aromatic nitrogens is 1. The molecule has 4 heteroatoms. The second-order valence-electron chi connectivity index (χ2n) is 5.72. The largest absolute Gasteiger partial charge is 0.298 e. The number of nitrogens with zero attached hydrogens (tertiary/aromatic N) is 1. The first-order valence-electron chi connectivity index (χ1n) is 7.20. The molecule has 0 radical (unpaired) electrons. The predicted molar refractivity (Wildman–Crippen MR) is 93.0 cm³/mol. The van der Waals surface area contributed by atoms with Crippen LogP contribution in [0.4, 0.5) is 5.13 Å². The van der Waals surface area contributed by atoms with E-state index in [1.165, 1.54) is 22.5 Å². The van der Waals surface area contributed by atoms with Crippen molar-refractivity contribution in [2.24, 2.45) is 0 Å². The molecule has 0 unspecified atom stereocenters. The van der Waals surface area contributed by atoms with Gasteiger partial charge >= 0.3 is 0 Å². The van der Waals surface area contributed by atoms with Crippen molar-refractivity contribution < 1.29 is 4.79 Å². The number of carbonyl (C=O) groups is 1. The Bertz CT molecular complexity index is 857. The number of nitrogens with one attached hydrogen (secondary N) is 1. The summed E-state index contributed by atoms with van der Waals surface area (Å²) in [6, 6.07) is 10.2. The molecule has 3 rings (SSSR count). The average Bonchev–Trinajstić information content (AvgIpc) is 2.78. The molecule has 112 valence electrons. The SMILES string of the molecule is Cc1cc(C)c(C(=O)Nc2nc3ccc(C)cc3s2)c(C)c1. The van der Waals surface area contributed by atoms with E-state index in [4.69, 9.17) is 0 Å². The number of anilines is 1. The zero-order valence-electron chi connectivity index (χ0n) is 13.2. The van der Waals surface area contributed by atoms with Gasteiger partial charge in [0.25, 0.3) is 5.91 Å². The van der Waals surface area contributed by atoms with Crippen LogP contribution in [-0.4, -0.2) is 10.9 Å². The van der Waals surface area contributed by atoms with Crippen molar-refractivity contribution in [3.8, 4) is 0 Å². The number of benzene rings is 2. The summed E-state index contributed by atoms with van der Waals surface area (Å²) in [4.78, 5) is 17.0. The number of amides is 1. The topological polar surface area (TPSA) is 42.0 Å². The Morgan fingerprint density at radius 1 is 1.00 bits per heavy atom. The van der Waals surface area contributed by atoms with Crippen molar-refractivity contribution in [3.05, 3.63) is 58.1 Å². The van der Waals surface area contributed by atoms with E-state index in [1.807, 2.05) is 45.0 Å². The summed E-state index contributed by atoms with van der Waals surface area (Å²) in [5.41, 5.74) is 6.00. The van der Waals surface area contributed by atoms with Crippen molar-refractivity contribution >= 4 is 32.6 Å². The van der Waals surface area contributed by atoms with Crippen LogP contribution in [0.1, 0.15) is 32.6 Å². The quantitative estimate of drug-likeness (QED) is 0.740. The van der Waals surface area contributed by atoms with Crippen LogP contribution in [0.5, 0.6) is 0 Å². The third-order valence-corrected chi connectivity index (χ3v) is 4.60. The fourth-order valence-corrected chi connectivity index (χ4v) is 3.74. The highest BCUT2D eigenvalue weighted by Gasteiger charge is 2.15. The lowest BCUT2D eigenvalue weighted by Gasteiger charge is -2.10. The first-order valence-corrected chi connectivity index (χ1v) is 8.02. The predicted octanol–water partition coefficient (Wildman–Crippen LogP) is 4.78. The van der Waals surface area contributed by atoms with Crippen molar-refractivity contribution in [1.29, 1.82) is 0 Å². The Balaban J connectivity index is 1.93. The Labute approximate surface area is 134 Å². The van der Waals surface area contributed by atoms with Gasteiger partial charge in [-0.25, -0.2) is 4.98 Å². The molecule has 1 heterocycles. The number of hydrogen-bond donors (Lipinski definition) is 1. The van der Waals surface area contributed by atoms with Gasteiger partial charge in [0.1, 0.15) is 0 Å². The molecule has 0 fully saturated rings. The minimum absolute atomic E-state index is 0.0919. The highest BCUT2D eigenvalue weighted by atomic mass is 32.1. The maximum Gasteiger partial charge on any atom is 0.257 e. The molecule has 2 aromatic carbocycles. The third-order valence-electron chi connectivity index (χ3n) is 3.67. The summed E-state index contributed by atoms with van der Waals surface area (Å²) in [6.07, 6.45) is 0. The lowest BCUT2D eigenvalue weighted by atomic mass is 9.99. The van der Waals surface area contributed by atoms with Gasteiger partial charge in [-0.2, -0.15) is 0 Å². The summed E-state index contributed by atoms with van der Waals surface area (Å²) >= 11 is 1.51. The normalized spacial score (nSPS) is 10.9. The summed E-state index contributed by atoms with van der Waals surface area (Å²) in [6.45, 7) is 8.03. The van der Waals surface area contributed by atoms with Crippen LogP contribution in [0.2, 0.25) is 0 Å². The van der Waals surface area contributed by atoms with Gasteiger partial charge in [-0.05, 0) is 56.5 Å². The molecular weight excluding hydrogens is 292 g/mol. The summed E-state index contributed by atoms with van der Waals surface area (Å²) in [7, 11) is 0. The van der Waals surface area contributed by atoms with Crippen molar-refractivity contribution in [2.45, 2.75) is 27.7 Å². The Hall–Kier alpha value is -2.20. The zero-order chi connectivity index (χ0) is 15.9. The van der Waals surface area contributed by atoms with Crippen LogP contribution in [0.15, 0.2) is 30.3 Å². The molecule has 0 saturated heterocycles. The molecule has 1 aromatic heterocycles. The Kier molecular flexibility index (Phi) is 3.71. The third kappa shape index (κ3) is 2.74. The smallest absolute Gasteiger partial charge is 0.257 e. The number of aryl methyl sites for hydroxylation is 4. The van der Waals surface area contributed by atoms with Crippen molar-refractivity contribution in [1.82, 2.24) is 4.98 Å². The first kappa shape index (κ1) is 14.7. The van der Waals surface area contributed by atoms with Gasteiger partial charge < -0.3 is 0 Å². The molecule has 0 aliphatic rings. The minimum atomic E-state index is -0.0919. The molecule has 1 N–H and O–H groups in total. The number of fused-ring (bicyclic) bond motifs is 1. The van der Waals surface area contributed by atoms with E-state index in [1.54, 1.807) is 0 Å². The standard InChI is InChI=1S/C18H18N2OS/c1-10-5-6-14-15(9-10)22-18(19-14)20-17(21)16-12(3)7-11(2)8-13(16)4/h5-9H,1-4H3,(H,19,20,21). The summed E-state index contributed by atoms with van der Waals surface area (Å²) < 4.78 is 1.09. The van der Waals surface area contributed by atoms with Crippen LogP contribution in [0.3, 0.4) is 0 Å². The maximum atomic E-state index is 12.6. The van der Waals surface area contributed by atoms with Crippen LogP contribution >= 0.6 is 11.3 Å². The monoisotopic (exact) mass is 310 g/mol. The molecule has 3 nitrogen and oxygen atoms in total. The van der Waals surface area contributed by atoms with E-state index in [2.05, 4.69) is 23.3 Å². The van der Waals surface area contributed by atoms with Crippen LogP contribution in [0.25, 0.3) is 10.2 Å². The van der Waals surface area contributed by atoms with Gasteiger partial charge in [-0.1, -0.05) is 35.1 Å². The number of carbonyl (C=O) groups excluding carboxylic acids is 1. The molecular formula is C18H18N2OS. The highest BCUT2D eigenvalue weighted by molar-refractivity contribution is 7.22. The van der Waals surface area contributed by atoms with Gasteiger partial charge in [0.15, 0.2) is 5.13 Å². The molecule has 3 aromatic rings. The molecule has 0 aliphatic carbocycles. The fraction of sp³-hybridized carbons (Fsp3) is 0.222. The van der Waals surface area contributed by atoms with E-state index < -0.39 is 0 Å². The van der Waals surface area contributed by atoms with Gasteiger partial charge in [0.2, 0.25) is 0 Å². The Morgan fingerprint density at radius 2 is 1.68 bits per heavy atom. The molecule has 1 amide bonds. The second-order valence-corrected chi connectivity index (χ2v) is 6.75. The molecule has 0 bridgehead atoms. The lowest BCUT2D eigenvalue weighted by Crippen LogP contribution is -2.15. The minimum Gasteiger partial charge on any atom is -0.298 e.